The third-order valence-electron chi connectivity index (χ3n) is 1.83. The standard InChI is InChI=1S/C10H5Cl2FN2/c11-8-5-9(14-15-10(8)12)6-2-1-3-7(13)4-6/h1-5H. The molecule has 0 spiro atoms. The maximum atomic E-state index is 12.9. The van der Waals surface area contributed by atoms with Crippen LogP contribution in [0, 0.1) is 5.82 Å². The van der Waals surface area contributed by atoms with Crippen molar-refractivity contribution in [2.24, 2.45) is 0 Å². The summed E-state index contributed by atoms with van der Waals surface area (Å²) in [5.74, 6) is -0.333. The lowest BCUT2D eigenvalue weighted by Crippen LogP contribution is -1.89. The van der Waals surface area contributed by atoms with Gasteiger partial charge in [0.2, 0.25) is 0 Å². The highest BCUT2D eigenvalue weighted by Gasteiger charge is 2.05. The van der Waals surface area contributed by atoms with Crippen LogP contribution in [0.2, 0.25) is 10.2 Å². The molecule has 1 heterocycles. The largest absolute Gasteiger partial charge is 0.207 e. The summed E-state index contributed by atoms with van der Waals surface area (Å²) in [5.41, 5.74) is 1.10. The fourth-order valence-corrected chi connectivity index (χ4v) is 1.38. The van der Waals surface area contributed by atoms with Gasteiger partial charge in [0.05, 0.1) is 10.7 Å². The Labute approximate surface area is 95.7 Å². The average molecular weight is 243 g/mol. The Kier molecular flexibility index (Phi) is 2.84. The van der Waals surface area contributed by atoms with Crippen LogP contribution >= 0.6 is 23.2 Å². The second-order valence-corrected chi connectivity index (χ2v) is 3.64. The van der Waals surface area contributed by atoms with Gasteiger partial charge in [-0.1, -0.05) is 35.3 Å². The van der Waals surface area contributed by atoms with Crippen molar-refractivity contribution >= 4 is 23.2 Å². The van der Waals surface area contributed by atoms with Crippen LogP contribution in [0.3, 0.4) is 0 Å². The van der Waals surface area contributed by atoms with Crippen molar-refractivity contribution in [2.75, 3.05) is 0 Å². The third-order valence-corrected chi connectivity index (χ3v) is 2.49. The highest BCUT2D eigenvalue weighted by molar-refractivity contribution is 6.41. The van der Waals surface area contributed by atoms with E-state index in [4.69, 9.17) is 23.2 Å². The average Bonchev–Trinajstić information content (AvgIpc) is 2.22. The first-order valence-corrected chi connectivity index (χ1v) is 4.87. The molecule has 0 unspecified atom stereocenters. The fourth-order valence-electron chi connectivity index (χ4n) is 1.14. The summed E-state index contributed by atoms with van der Waals surface area (Å²) in [6, 6.07) is 7.57. The molecule has 0 amide bonds. The second kappa shape index (κ2) is 4.13. The van der Waals surface area contributed by atoms with Crippen molar-refractivity contribution in [3.63, 3.8) is 0 Å². The first kappa shape index (κ1) is 10.3. The molecule has 2 nitrogen and oxygen atoms in total. The van der Waals surface area contributed by atoms with Crippen molar-refractivity contribution in [1.29, 1.82) is 0 Å². The van der Waals surface area contributed by atoms with Gasteiger partial charge in [0, 0.05) is 5.56 Å². The Bertz CT molecular complexity index is 503. The summed E-state index contributed by atoms with van der Waals surface area (Å²) >= 11 is 11.4. The molecule has 0 aliphatic carbocycles. The molecule has 1 aromatic heterocycles. The van der Waals surface area contributed by atoms with Crippen LogP contribution in [0.15, 0.2) is 30.3 Å². The van der Waals surface area contributed by atoms with Crippen molar-refractivity contribution < 1.29 is 4.39 Å². The number of aromatic nitrogens is 2. The molecule has 0 aliphatic heterocycles. The molecule has 0 radical (unpaired) electrons. The van der Waals surface area contributed by atoms with Crippen LogP contribution in [-0.4, -0.2) is 10.2 Å². The number of benzene rings is 1. The van der Waals surface area contributed by atoms with Crippen LogP contribution in [0.1, 0.15) is 0 Å². The summed E-state index contributed by atoms with van der Waals surface area (Å²) in [6.07, 6.45) is 0. The van der Waals surface area contributed by atoms with E-state index in [2.05, 4.69) is 10.2 Å². The summed E-state index contributed by atoms with van der Waals surface area (Å²) in [4.78, 5) is 0. The lowest BCUT2D eigenvalue weighted by molar-refractivity contribution is 0.628. The summed E-state index contributed by atoms with van der Waals surface area (Å²) in [7, 11) is 0. The maximum absolute atomic E-state index is 12.9. The molecule has 0 bridgehead atoms. The minimum atomic E-state index is -0.333. The van der Waals surface area contributed by atoms with Gasteiger partial charge < -0.3 is 0 Å². The van der Waals surface area contributed by atoms with Crippen LogP contribution in [-0.2, 0) is 0 Å². The van der Waals surface area contributed by atoms with Gasteiger partial charge in [-0.3, -0.25) is 0 Å². The van der Waals surface area contributed by atoms with E-state index in [0.29, 0.717) is 16.3 Å². The molecule has 2 aromatic rings. The smallest absolute Gasteiger partial charge is 0.170 e. The molecule has 0 fully saturated rings. The minimum Gasteiger partial charge on any atom is -0.207 e. The Balaban J connectivity index is 2.50. The van der Waals surface area contributed by atoms with Crippen LogP contribution in [0.25, 0.3) is 11.3 Å². The van der Waals surface area contributed by atoms with Gasteiger partial charge >= 0.3 is 0 Å². The molecular weight excluding hydrogens is 238 g/mol. The normalized spacial score (nSPS) is 10.3. The Morgan fingerprint density at radius 1 is 1.07 bits per heavy atom. The zero-order valence-electron chi connectivity index (χ0n) is 7.42. The highest BCUT2D eigenvalue weighted by atomic mass is 35.5. The van der Waals surface area contributed by atoms with Crippen LogP contribution in [0.4, 0.5) is 4.39 Å². The van der Waals surface area contributed by atoms with Crippen LogP contribution in [0.5, 0.6) is 0 Å². The Morgan fingerprint density at radius 3 is 2.53 bits per heavy atom. The van der Waals surface area contributed by atoms with Gasteiger partial charge in [0.25, 0.3) is 0 Å². The van der Waals surface area contributed by atoms with Crippen molar-refractivity contribution in [3.05, 3.63) is 46.3 Å². The van der Waals surface area contributed by atoms with Gasteiger partial charge in [-0.25, -0.2) is 4.39 Å². The number of hydrogen-bond acceptors (Lipinski definition) is 2. The zero-order valence-corrected chi connectivity index (χ0v) is 8.93. The van der Waals surface area contributed by atoms with Crippen LogP contribution < -0.4 is 0 Å². The van der Waals surface area contributed by atoms with Gasteiger partial charge in [0.15, 0.2) is 5.15 Å². The summed E-state index contributed by atoms with van der Waals surface area (Å²) in [5, 5.41) is 7.90. The zero-order chi connectivity index (χ0) is 10.8. The molecule has 76 valence electrons. The van der Waals surface area contributed by atoms with Crippen molar-refractivity contribution in [1.82, 2.24) is 10.2 Å². The van der Waals surface area contributed by atoms with E-state index in [9.17, 15) is 4.39 Å². The van der Waals surface area contributed by atoms with E-state index >= 15 is 0 Å². The second-order valence-electron chi connectivity index (χ2n) is 2.88. The maximum Gasteiger partial charge on any atom is 0.170 e. The molecule has 5 heteroatoms. The van der Waals surface area contributed by atoms with Gasteiger partial charge in [-0.2, -0.15) is 0 Å². The lowest BCUT2D eigenvalue weighted by atomic mass is 10.1. The van der Waals surface area contributed by atoms with Gasteiger partial charge in [0.1, 0.15) is 5.82 Å². The molecule has 15 heavy (non-hydrogen) atoms. The molecular formula is C10H5Cl2FN2. The van der Waals surface area contributed by atoms with Gasteiger partial charge in [-0.05, 0) is 18.2 Å². The molecule has 0 saturated heterocycles. The Morgan fingerprint density at radius 2 is 1.87 bits per heavy atom. The van der Waals surface area contributed by atoms with E-state index in [0.717, 1.165) is 0 Å². The summed E-state index contributed by atoms with van der Waals surface area (Å²) < 4.78 is 12.9. The quantitative estimate of drug-likeness (QED) is 0.764. The molecule has 2 rings (SSSR count). The number of nitrogens with zero attached hydrogens (tertiary/aromatic N) is 2. The highest BCUT2D eigenvalue weighted by Crippen LogP contribution is 2.24. The van der Waals surface area contributed by atoms with E-state index in [1.807, 2.05) is 0 Å². The SMILES string of the molecule is Fc1cccc(-c2cc(Cl)c(Cl)nn2)c1. The lowest BCUT2D eigenvalue weighted by Gasteiger charge is -2.01. The predicted octanol–water partition coefficient (Wildman–Crippen LogP) is 3.59. The van der Waals surface area contributed by atoms with E-state index in [1.165, 1.54) is 12.1 Å². The predicted molar refractivity (Wildman–Crippen MR) is 57.4 cm³/mol. The molecule has 0 saturated carbocycles. The molecule has 0 aliphatic rings. The number of rotatable bonds is 1. The topological polar surface area (TPSA) is 25.8 Å². The fraction of sp³-hybridized carbons (Fsp3) is 0. The Hall–Kier alpha value is -1.19. The monoisotopic (exact) mass is 242 g/mol. The summed E-state index contributed by atoms with van der Waals surface area (Å²) in [6.45, 7) is 0. The first-order chi connectivity index (χ1) is 7.16. The van der Waals surface area contributed by atoms with E-state index in [1.54, 1.807) is 18.2 Å². The van der Waals surface area contributed by atoms with Crippen molar-refractivity contribution in [2.45, 2.75) is 0 Å². The molecule has 0 N–H and O–H groups in total. The number of halogens is 3. The molecule has 1 aromatic carbocycles. The number of hydrogen-bond donors (Lipinski definition) is 0. The first-order valence-electron chi connectivity index (χ1n) is 4.11. The van der Waals surface area contributed by atoms with Crippen molar-refractivity contribution in [3.8, 4) is 11.3 Å². The van der Waals surface area contributed by atoms with Gasteiger partial charge in [-0.15, -0.1) is 10.2 Å². The third kappa shape index (κ3) is 2.25. The van der Waals surface area contributed by atoms with E-state index in [-0.39, 0.29) is 11.0 Å². The minimum absolute atomic E-state index is 0.136. The molecule has 0 atom stereocenters. The van der Waals surface area contributed by atoms with E-state index < -0.39 is 0 Å².